The van der Waals surface area contributed by atoms with Crippen molar-refractivity contribution in [1.82, 2.24) is 10.6 Å². The van der Waals surface area contributed by atoms with Gasteiger partial charge in [-0.3, -0.25) is 4.79 Å². The Hall–Kier alpha value is -0.780. The number of carbonyl (C=O) groups is 1. The zero-order chi connectivity index (χ0) is 19.3. The Kier molecular flexibility index (Phi) is 14.9. The van der Waals surface area contributed by atoms with Crippen molar-refractivity contribution in [1.29, 1.82) is 0 Å². The molecule has 6 heteroatoms. The molecule has 0 saturated carbocycles. The van der Waals surface area contributed by atoms with Crippen LogP contribution in [0.15, 0.2) is 0 Å². The summed E-state index contributed by atoms with van der Waals surface area (Å²) >= 11 is 0. The second-order valence-electron chi connectivity index (χ2n) is 6.47. The van der Waals surface area contributed by atoms with E-state index in [1.54, 1.807) is 0 Å². The van der Waals surface area contributed by atoms with Gasteiger partial charge in [0.25, 0.3) is 0 Å². The van der Waals surface area contributed by atoms with Gasteiger partial charge in [-0.05, 0) is 17.3 Å². The van der Waals surface area contributed by atoms with Crippen LogP contribution in [0.4, 0.5) is 13.2 Å². The molecule has 0 rings (SSSR count). The van der Waals surface area contributed by atoms with Crippen LogP contribution in [0.5, 0.6) is 0 Å². The summed E-state index contributed by atoms with van der Waals surface area (Å²) < 4.78 is 36.2. The number of hydrogen-bond donors (Lipinski definition) is 2. The van der Waals surface area contributed by atoms with Crippen LogP contribution in [0.2, 0.25) is 0 Å². The molecule has 0 aromatic heterocycles. The average molecular weight is 342 g/mol. The second-order valence-corrected chi connectivity index (χ2v) is 6.47. The second kappa shape index (κ2) is 12.6. The normalized spacial score (nSPS) is 11.7. The molecule has 0 aromatic rings. The van der Waals surface area contributed by atoms with Gasteiger partial charge >= 0.3 is 12.1 Å². The summed E-state index contributed by atoms with van der Waals surface area (Å²) in [4.78, 5) is 10.7. The van der Waals surface area contributed by atoms with Gasteiger partial charge in [-0.15, -0.1) is 0 Å². The predicted octanol–water partition coefficient (Wildman–Crippen LogP) is 4.77. The van der Waals surface area contributed by atoms with Crippen molar-refractivity contribution in [2.24, 2.45) is 10.8 Å². The lowest BCUT2D eigenvalue weighted by atomic mass is 9.88. The Balaban J connectivity index is -0.000000919. The third-order valence-electron chi connectivity index (χ3n) is 3.15. The molecule has 0 unspecified atom stereocenters. The maximum absolute atomic E-state index is 12.1. The number of hydrogen-bond acceptors (Lipinski definition) is 2. The molecule has 2 N–H and O–H groups in total. The van der Waals surface area contributed by atoms with Gasteiger partial charge in [0.1, 0.15) is 0 Å². The number of carbonyl (C=O) groups excluding carboxylic acids is 1. The summed E-state index contributed by atoms with van der Waals surface area (Å²) in [5.41, 5.74) is -0.268. The van der Waals surface area contributed by atoms with Crippen LogP contribution in [-0.4, -0.2) is 31.7 Å². The van der Waals surface area contributed by atoms with Crippen molar-refractivity contribution in [3.8, 4) is 0 Å². The van der Waals surface area contributed by atoms with Crippen molar-refractivity contribution in [2.45, 2.75) is 74.9 Å². The first-order valence-electron chi connectivity index (χ1n) is 8.45. The molecule has 1 amide bonds. The van der Waals surface area contributed by atoms with Crippen LogP contribution in [0, 0.1) is 10.8 Å². The molecule has 3 nitrogen and oxygen atoms in total. The molecule has 0 fully saturated rings. The number of rotatable bonds is 7. The molecular formula is C17H37F3N2O. The lowest BCUT2D eigenvalue weighted by Crippen LogP contribution is -2.45. The van der Waals surface area contributed by atoms with E-state index in [0.717, 1.165) is 13.0 Å². The minimum absolute atomic E-state index is 0.00903. The van der Waals surface area contributed by atoms with Gasteiger partial charge in [-0.1, -0.05) is 62.3 Å². The van der Waals surface area contributed by atoms with Gasteiger partial charge in [0.05, 0.1) is 0 Å². The van der Waals surface area contributed by atoms with Gasteiger partial charge < -0.3 is 10.6 Å². The van der Waals surface area contributed by atoms with Crippen LogP contribution in [-0.2, 0) is 4.79 Å². The van der Waals surface area contributed by atoms with Gasteiger partial charge in [-0.2, -0.15) is 13.2 Å². The fourth-order valence-electron chi connectivity index (χ4n) is 1.35. The Labute approximate surface area is 140 Å². The van der Waals surface area contributed by atoms with E-state index < -0.39 is 17.5 Å². The monoisotopic (exact) mass is 342 g/mol. The van der Waals surface area contributed by atoms with E-state index in [9.17, 15) is 18.0 Å². The van der Waals surface area contributed by atoms with Crippen LogP contribution >= 0.6 is 0 Å². The Morgan fingerprint density at radius 1 is 0.826 bits per heavy atom. The largest absolute Gasteiger partial charge is 0.471 e. The average Bonchev–Trinajstić information content (AvgIpc) is 2.47. The first-order chi connectivity index (χ1) is 10.4. The van der Waals surface area contributed by atoms with E-state index in [4.69, 9.17) is 0 Å². The Morgan fingerprint density at radius 3 is 1.57 bits per heavy atom. The van der Waals surface area contributed by atoms with Crippen molar-refractivity contribution < 1.29 is 18.0 Å². The molecule has 0 aliphatic carbocycles. The van der Waals surface area contributed by atoms with Crippen molar-refractivity contribution in [2.75, 3.05) is 19.6 Å². The summed E-state index contributed by atoms with van der Waals surface area (Å²) in [6.07, 6.45) is -3.79. The summed E-state index contributed by atoms with van der Waals surface area (Å²) in [5.74, 6) is -1.88. The number of amides is 1. The summed E-state index contributed by atoms with van der Waals surface area (Å²) in [7, 11) is 0. The number of alkyl halides is 3. The minimum Gasteiger partial charge on any atom is -0.348 e. The van der Waals surface area contributed by atoms with Crippen LogP contribution in [0.3, 0.4) is 0 Å². The lowest BCUT2D eigenvalue weighted by molar-refractivity contribution is -0.174. The van der Waals surface area contributed by atoms with E-state index in [2.05, 4.69) is 26.1 Å². The fourth-order valence-corrected chi connectivity index (χ4v) is 1.35. The Bertz CT molecular complexity index is 301. The molecule has 0 bridgehead atoms. The van der Waals surface area contributed by atoms with E-state index in [-0.39, 0.29) is 12.0 Å². The molecule has 0 radical (unpaired) electrons. The van der Waals surface area contributed by atoms with Crippen molar-refractivity contribution in [3.63, 3.8) is 0 Å². The zero-order valence-corrected chi connectivity index (χ0v) is 16.4. The van der Waals surface area contributed by atoms with Gasteiger partial charge in [0.2, 0.25) is 0 Å². The minimum atomic E-state index is -4.81. The molecule has 0 aromatic carbocycles. The molecule has 23 heavy (non-hydrogen) atoms. The molecule has 0 aliphatic heterocycles. The fraction of sp³-hybridized carbons (Fsp3) is 0.941. The van der Waals surface area contributed by atoms with Crippen LogP contribution in [0.25, 0.3) is 0 Å². The topological polar surface area (TPSA) is 41.1 Å². The third-order valence-corrected chi connectivity index (χ3v) is 3.15. The first-order valence-corrected chi connectivity index (χ1v) is 8.45. The van der Waals surface area contributed by atoms with E-state index in [1.165, 1.54) is 0 Å². The summed E-state index contributed by atoms with van der Waals surface area (Å²) in [6.45, 7) is 19.3. The molecule has 0 heterocycles. The van der Waals surface area contributed by atoms with Gasteiger partial charge in [0, 0.05) is 19.6 Å². The smallest absolute Gasteiger partial charge is 0.348 e. The van der Waals surface area contributed by atoms with Crippen LogP contribution in [0.1, 0.15) is 68.7 Å². The predicted molar refractivity (Wildman–Crippen MR) is 92.5 cm³/mol. The highest BCUT2D eigenvalue weighted by Gasteiger charge is 2.39. The molecule has 142 valence electrons. The highest BCUT2D eigenvalue weighted by Crippen LogP contribution is 2.20. The van der Waals surface area contributed by atoms with Crippen molar-refractivity contribution >= 4 is 5.91 Å². The zero-order valence-electron chi connectivity index (χ0n) is 16.4. The molecule has 0 saturated heterocycles. The third kappa shape index (κ3) is 15.9. The van der Waals surface area contributed by atoms with Gasteiger partial charge in [-0.25, -0.2) is 0 Å². The molecule has 0 spiro atoms. The molecule has 0 aliphatic rings. The Morgan fingerprint density at radius 2 is 1.22 bits per heavy atom. The highest BCUT2D eigenvalue weighted by molar-refractivity contribution is 5.81. The first kappa shape index (κ1) is 27.1. The SMILES string of the molecule is CC.CC.CCC(C)(C)CNCC(C)(C)CNC(=O)C(F)(F)F. The number of halogens is 3. The maximum Gasteiger partial charge on any atom is 0.471 e. The van der Waals surface area contributed by atoms with E-state index in [0.29, 0.717) is 6.54 Å². The van der Waals surface area contributed by atoms with Crippen molar-refractivity contribution in [3.05, 3.63) is 0 Å². The maximum atomic E-state index is 12.1. The van der Waals surface area contributed by atoms with Gasteiger partial charge in [0.15, 0.2) is 0 Å². The molecule has 0 atom stereocenters. The highest BCUT2D eigenvalue weighted by atomic mass is 19.4. The van der Waals surface area contributed by atoms with E-state index in [1.807, 2.05) is 46.9 Å². The summed E-state index contributed by atoms with van der Waals surface area (Å²) in [6, 6.07) is 0. The van der Waals surface area contributed by atoms with E-state index >= 15 is 0 Å². The quantitative estimate of drug-likeness (QED) is 0.700. The lowest BCUT2D eigenvalue weighted by Gasteiger charge is -2.29. The number of nitrogens with one attached hydrogen (secondary N) is 2. The van der Waals surface area contributed by atoms with Crippen LogP contribution < -0.4 is 10.6 Å². The molecular weight excluding hydrogens is 305 g/mol. The standard InChI is InChI=1S/C13H25F3N2O.2C2H6/c1-6-11(2,3)7-17-8-12(4,5)9-18-10(19)13(14,15)16;2*1-2/h17H,6-9H2,1-5H3,(H,18,19);2*1-2H3. The summed E-state index contributed by atoms with van der Waals surface area (Å²) in [5, 5.41) is 5.17.